The third-order valence-corrected chi connectivity index (χ3v) is 12.3. The van der Waals surface area contributed by atoms with Crippen molar-refractivity contribution in [1.29, 1.82) is 0 Å². The SMILES string of the molecule is C[C@H](c1c[c-]cc([C@@H](C)P(c2ccccc2)c2ccccc2)c1)P(c1ccccc1)c1ccccc1.[Cl][Pd+]. The van der Waals surface area contributed by atoms with Gasteiger partial charge in [-0.15, -0.1) is 11.1 Å². The standard InChI is InChI=1S/C34H31P2.ClH.Pd/c1-27(35(31-18-7-3-8-19-31)32-20-9-4-10-21-32)29-16-15-17-30(26-29)28(2)36(33-22-11-5-12-23-33)34-24-13-6-14-25-34;;/h3-14,16-28H,1-2H3;1H;/q-1;;+2/p-1/t27-,28-;;/m1../s1. The molecule has 0 unspecified atom stereocenters. The van der Waals surface area contributed by atoms with Crippen molar-refractivity contribution in [2.45, 2.75) is 25.2 Å². The predicted molar refractivity (Wildman–Crippen MR) is 166 cm³/mol. The van der Waals surface area contributed by atoms with Crippen LogP contribution >= 0.6 is 25.4 Å². The summed E-state index contributed by atoms with van der Waals surface area (Å²) in [6.45, 7) is 4.78. The average Bonchev–Trinajstić information content (AvgIpc) is 3.00. The Bertz CT molecular complexity index is 1180. The maximum atomic E-state index is 4.49. The fraction of sp³-hybridized carbons (Fsp3) is 0.118. The molecule has 0 saturated heterocycles. The van der Waals surface area contributed by atoms with Crippen molar-refractivity contribution in [2.75, 3.05) is 0 Å². The van der Waals surface area contributed by atoms with Gasteiger partial charge in [0.15, 0.2) is 0 Å². The van der Waals surface area contributed by atoms with Crippen LogP contribution < -0.4 is 21.2 Å². The summed E-state index contributed by atoms with van der Waals surface area (Å²) in [6, 6.07) is 54.4. The van der Waals surface area contributed by atoms with Crippen LogP contribution in [0.3, 0.4) is 0 Å². The number of halogens is 1. The van der Waals surface area contributed by atoms with Gasteiger partial charge in [-0.05, 0) is 48.4 Å². The van der Waals surface area contributed by atoms with E-state index in [4.69, 9.17) is 0 Å². The molecule has 0 amide bonds. The molecule has 194 valence electrons. The third kappa shape index (κ3) is 7.10. The van der Waals surface area contributed by atoms with Gasteiger partial charge < -0.3 is 0 Å². The van der Waals surface area contributed by atoms with Crippen LogP contribution in [0.4, 0.5) is 0 Å². The first-order valence-corrected chi connectivity index (χ1v) is 17.5. The first-order valence-electron chi connectivity index (χ1n) is 12.6. The molecule has 0 spiro atoms. The Balaban J connectivity index is 0.00000164. The minimum absolute atomic E-state index is 0.382. The first-order chi connectivity index (χ1) is 18.7. The molecule has 38 heavy (non-hydrogen) atoms. The van der Waals surface area contributed by atoms with E-state index in [9.17, 15) is 0 Å². The van der Waals surface area contributed by atoms with E-state index >= 15 is 0 Å². The van der Waals surface area contributed by atoms with E-state index in [0.29, 0.717) is 11.3 Å². The molecule has 0 aliphatic carbocycles. The Hall–Kier alpha value is -2.09. The fourth-order valence-electron chi connectivity index (χ4n) is 4.84. The molecule has 5 aromatic rings. The van der Waals surface area contributed by atoms with E-state index in [-0.39, 0.29) is 0 Å². The van der Waals surface area contributed by atoms with Gasteiger partial charge in [0.1, 0.15) is 0 Å². The Morgan fingerprint density at radius 3 is 1.03 bits per heavy atom. The van der Waals surface area contributed by atoms with Gasteiger partial charge in [-0.3, -0.25) is 0 Å². The van der Waals surface area contributed by atoms with E-state index in [0.717, 1.165) is 0 Å². The predicted octanol–water partition coefficient (Wildman–Crippen LogP) is 8.56. The maximum absolute atomic E-state index is 4.49. The molecule has 5 aromatic carbocycles. The summed E-state index contributed by atoms with van der Waals surface area (Å²) in [7, 11) is 3.41. The molecule has 0 aliphatic heterocycles. The van der Waals surface area contributed by atoms with E-state index in [2.05, 4.69) is 187 Å². The normalized spacial score (nSPS) is 12.5. The number of hydrogen-bond donors (Lipinski definition) is 0. The van der Waals surface area contributed by atoms with Crippen LogP contribution in [0.1, 0.15) is 36.3 Å². The molecule has 0 radical (unpaired) electrons. The summed E-state index contributed by atoms with van der Waals surface area (Å²) >= 11 is 2.22. The van der Waals surface area contributed by atoms with Crippen molar-refractivity contribution in [2.24, 2.45) is 0 Å². The number of rotatable bonds is 8. The summed E-state index contributed by atoms with van der Waals surface area (Å²) in [5.41, 5.74) is 3.50. The van der Waals surface area contributed by atoms with Crippen molar-refractivity contribution >= 4 is 46.6 Å². The van der Waals surface area contributed by atoms with Crippen molar-refractivity contribution in [3.05, 3.63) is 157 Å². The van der Waals surface area contributed by atoms with Crippen molar-refractivity contribution < 1.29 is 18.2 Å². The van der Waals surface area contributed by atoms with Gasteiger partial charge >= 0.3 is 27.7 Å². The van der Waals surface area contributed by atoms with Crippen molar-refractivity contribution in [3.8, 4) is 0 Å². The summed E-state index contributed by atoms with van der Waals surface area (Å²) in [4.78, 5) is 0. The van der Waals surface area contributed by atoms with Gasteiger partial charge in [0.05, 0.1) is 0 Å². The molecule has 0 bridgehead atoms. The molecule has 4 heteroatoms. The molecule has 0 aromatic heterocycles. The second kappa shape index (κ2) is 14.9. The fourth-order valence-corrected chi connectivity index (χ4v) is 10.1. The summed E-state index contributed by atoms with van der Waals surface area (Å²) in [5, 5.41) is 5.67. The van der Waals surface area contributed by atoms with Crippen LogP contribution in [0.15, 0.2) is 140 Å². The van der Waals surface area contributed by atoms with Crippen LogP contribution in [-0.2, 0) is 18.2 Å². The van der Waals surface area contributed by atoms with E-state index < -0.39 is 15.8 Å². The molecular weight excluding hydrogens is 612 g/mol. The van der Waals surface area contributed by atoms with Crippen molar-refractivity contribution in [1.82, 2.24) is 0 Å². The molecule has 5 rings (SSSR count). The Morgan fingerprint density at radius 2 is 0.763 bits per heavy atom. The van der Waals surface area contributed by atoms with Crippen LogP contribution in [0.25, 0.3) is 0 Å². The van der Waals surface area contributed by atoms with Gasteiger partial charge in [0, 0.05) is 0 Å². The van der Waals surface area contributed by atoms with Crippen LogP contribution in [0.2, 0.25) is 0 Å². The zero-order valence-corrected chi connectivity index (χ0v) is 25.6. The van der Waals surface area contributed by atoms with Gasteiger partial charge in [-0.2, -0.15) is 24.3 Å². The molecule has 0 aliphatic rings. The Morgan fingerprint density at radius 1 is 0.500 bits per heavy atom. The van der Waals surface area contributed by atoms with Crippen LogP contribution in [0.5, 0.6) is 0 Å². The van der Waals surface area contributed by atoms with Crippen molar-refractivity contribution in [3.63, 3.8) is 0 Å². The van der Waals surface area contributed by atoms with Crippen LogP contribution in [0, 0.1) is 6.07 Å². The summed E-state index contributed by atoms with van der Waals surface area (Å²) < 4.78 is 0. The first kappa shape index (κ1) is 28.9. The van der Waals surface area contributed by atoms with E-state index in [1.807, 2.05) is 0 Å². The second-order valence-electron chi connectivity index (χ2n) is 9.03. The van der Waals surface area contributed by atoms with Gasteiger partial charge in [0.25, 0.3) is 0 Å². The number of benzene rings is 5. The summed E-state index contributed by atoms with van der Waals surface area (Å²) in [5.74, 6) is 0. The van der Waals surface area contributed by atoms with E-state index in [1.165, 1.54) is 32.3 Å². The van der Waals surface area contributed by atoms with Gasteiger partial charge in [-0.25, -0.2) is 0 Å². The molecule has 0 N–H and O–H groups in total. The molecule has 0 fully saturated rings. The third-order valence-electron chi connectivity index (χ3n) is 6.71. The molecule has 2 atom stereocenters. The zero-order chi connectivity index (χ0) is 26.7. The van der Waals surface area contributed by atoms with Crippen LogP contribution in [-0.4, -0.2) is 0 Å². The molecule has 0 nitrogen and oxygen atoms in total. The quantitative estimate of drug-likeness (QED) is 0.0904. The van der Waals surface area contributed by atoms with Gasteiger partial charge in [-0.1, -0.05) is 135 Å². The molecule has 0 saturated carbocycles. The topological polar surface area (TPSA) is 0 Å². The average molecular weight is 643 g/mol. The minimum atomic E-state index is -0.538. The summed E-state index contributed by atoms with van der Waals surface area (Å²) in [6.07, 6.45) is 0. The second-order valence-corrected chi connectivity index (χ2v) is 14.1. The number of hydrogen-bond acceptors (Lipinski definition) is 0. The zero-order valence-electron chi connectivity index (χ0n) is 21.5. The Labute approximate surface area is 245 Å². The molecule has 0 heterocycles. The monoisotopic (exact) mass is 642 g/mol. The molecular formula is C34H31ClP2Pd. The Kier molecular flexibility index (Phi) is 11.3. The van der Waals surface area contributed by atoms with E-state index in [1.54, 1.807) is 0 Å². The van der Waals surface area contributed by atoms with Gasteiger partial charge in [0.2, 0.25) is 0 Å².